The minimum atomic E-state index is -3.05. The summed E-state index contributed by atoms with van der Waals surface area (Å²) in [5.74, 6) is 0. The van der Waals surface area contributed by atoms with Crippen molar-refractivity contribution in [2.45, 2.75) is 0 Å². The van der Waals surface area contributed by atoms with Gasteiger partial charge in [0, 0.05) is 37.6 Å². The molecule has 4 heteroatoms. The highest BCUT2D eigenvalue weighted by Crippen LogP contribution is 2.44. The molecule has 0 aliphatic heterocycles. The summed E-state index contributed by atoms with van der Waals surface area (Å²) in [6, 6.07) is 57.1. The Labute approximate surface area is 272 Å². The molecule has 0 atom stereocenters. The van der Waals surface area contributed by atoms with E-state index in [0.717, 1.165) is 81.9 Å². The molecule has 9 rings (SSSR count). The van der Waals surface area contributed by atoms with Gasteiger partial charge in [0.1, 0.15) is 11.2 Å². The van der Waals surface area contributed by atoms with Gasteiger partial charge in [-0.1, -0.05) is 152 Å². The minimum Gasteiger partial charge on any atom is -0.455 e. The quantitative estimate of drug-likeness (QED) is 0.142. The number of pyridine rings is 1. The van der Waals surface area contributed by atoms with Crippen LogP contribution in [0.1, 0.15) is 0 Å². The lowest BCUT2D eigenvalue weighted by molar-refractivity contribution is 0.592. The summed E-state index contributed by atoms with van der Waals surface area (Å²) in [5.41, 5.74) is 6.63. The number of rotatable bonds is 5. The van der Waals surface area contributed by atoms with Crippen molar-refractivity contribution in [1.29, 1.82) is 0 Å². The molecule has 0 aliphatic rings. The Morgan fingerprint density at radius 1 is 0.468 bits per heavy atom. The second-order valence-electron chi connectivity index (χ2n) is 11.9. The Morgan fingerprint density at radius 2 is 1.09 bits per heavy atom. The Balaban J connectivity index is 1.21. The second kappa shape index (κ2) is 10.9. The van der Waals surface area contributed by atoms with Crippen LogP contribution >= 0.6 is 7.14 Å². The third-order valence-corrected chi connectivity index (χ3v) is 12.2. The predicted molar refractivity (Wildman–Crippen MR) is 197 cm³/mol. The van der Waals surface area contributed by atoms with Gasteiger partial charge in [-0.2, -0.15) is 0 Å². The highest BCUT2D eigenvalue weighted by atomic mass is 31.2. The largest absolute Gasteiger partial charge is 0.455 e. The van der Waals surface area contributed by atoms with E-state index >= 15 is 0 Å². The number of benzene rings is 7. The van der Waals surface area contributed by atoms with Crippen LogP contribution in [0.4, 0.5) is 0 Å². The maximum atomic E-state index is 14.9. The van der Waals surface area contributed by atoms with Gasteiger partial charge in [0.25, 0.3) is 0 Å². The van der Waals surface area contributed by atoms with E-state index in [-0.39, 0.29) is 0 Å². The van der Waals surface area contributed by atoms with E-state index in [1.165, 1.54) is 0 Å². The van der Waals surface area contributed by atoms with Gasteiger partial charge in [0.05, 0.1) is 16.6 Å². The highest BCUT2D eigenvalue weighted by Gasteiger charge is 2.29. The standard InChI is InChI=1S/C43H28NO2P/c45-47(33-15-3-1-4-16-33,34-17-5-2-6-18-34)35-25-22-29(23-26-35)31-13-11-14-32(28-31)41-40-37-20-9-10-21-39(37)46-43(40)38-27-24-30-12-7-8-19-36(30)42(38)44-41/h1-28H. The number of nitrogens with zero attached hydrogens (tertiary/aromatic N) is 1. The van der Waals surface area contributed by atoms with Gasteiger partial charge in [0.2, 0.25) is 0 Å². The van der Waals surface area contributed by atoms with Gasteiger partial charge in [-0.3, -0.25) is 0 Å². The van der Waals surface area contributed by atoms with Crippen LogP contribution in [-0.2, 0) is 4.57 Å². The van der Waals surface area contributed by atoms with Crippen molar-refractivity contribution in [2.75, 3.05) is 0 Å². The van der Waals surface area contributed by atoms with Gasteiger partial charge in [-0.15, -0.1) is 0 Å². The fraction of sp³-hybridized carbons (Fsp3) is 0. The molecule has 0 N–H and O–H groups in total. The average Bonchev–Trinajstić information content (AvgIpc) is 3.55. The van der Waals surface area contributed by atoms with Crippen LogP contribution in [0.3, 0.4) is 0 Å². The predicted octanol–water partition coefficient (Wildman–Crippen LogP) is 10.3. The van der Waals surface area contributed by atoms with Gasteiger partial charge < -0.3 is 8.98 Å². The van der Waals surface area contributed by atoms with Crippen molar-refractivity contribution in [3.8, 4) is 22.4 Å². The molecule has 2 heterocycles. The van der Waals surface area contributed by atoms with Crippen LogP contribution in [0.2, 0.25) is 0 Å². The molecule has 222 valence electrons. The topological polar surface area (TPSA) is 43.1 Å². The van der Waals surface area contributed by atoms with Crippen molar-refractivity contribution >= 4 is 66.7 Å². The Kier molecular flexibility index (Phi) is 6.41. The molecule has 47 heavy (non-hydrogen) atoms. The van der Waals surface area contributed by atoms with E-state index in [2.05, 4.69) is 78.9 Å². The fourth-order valence-corrected chi connectivity index (χ4v) is 9.49. The van der Waals surface area contributed by atoms with Crippen LogP contribution in [0.15, 0.2) is 174 Å². The normalized spacial score (nSPS) is 11.9. The van der Waals surface area contributed by atoms with Crippen molar-refractivity contribution in [2.24, 2.45) is 0 Å². The molecule has 0 spiro atoms. The van der Waals surface area contributed by atoms with Crippen molar-refractivity contribution in [3.63, 3.8) is 0 Å². The number of furan rings is 1. The lowest BCUT2D eigenvalue weighted by atomic mass is 9.97. The first-order valence-electron chi connectivity index (χ1n) is 15.7. The smallest absolute Gasteiger partial charge is 0.171 e. The third kappa shape index (κ3) is 4.43. The zero-order valence-electron chi connectivity index (χ0n) is 25.4. The lowest BCUT2D eigenvalue weighted by Gasteiger charge is -2.20. The Bertz CT molecular complexity index is 2600. The van der Waals surface area contributed by atoms with Crippen LogP contribution in [-0.4, -0.2) is 4.98 Å². The monoisotopic (exact) mass is 621 g/mol. The Hall–Kier alpha value is -5.76. The molecular weight excluding hydrogens is 593 g/mol. The van der Waals surface area contributed by atoms with E-state index in [1.807, 2.05) is 91.0 Å². The van der Waals surface area contributed by atoms with E-state index < -0.39 is 7.14 Å². The maximum absolute atomic E-state index is 14.9. The number of hydrogen-bond donors (Lipinski definition) is 0. The maximum Gasteiger partial charge on any atom is 0.171 e. The van der Waals surface area contributed by atoms with Gasteiger partial charge >= 0.3 is 0 Å². The van der Waals surface area contributed by atoms with E-state index in [0.29, 0.717) is 0 Å². The highest BCUT2D eigenvalue weighted by molar-refractivity contribution is 7.85. The van der Waals surface area contributed by atoms with Crippen LogP contribution in [0.5, 0.6) is 0 Å². The summed E-state index contributed by atoms with van der Waals surface area (Å²) in [5, 5.41) is 7.78. The molecule has 7 aromatic carbocycles. The lowest BCUT2D eigenvalue weighted by Crippen LogP contribution is -2.24. The molecule has 3 nitrogen and oxygen atoms in total. The Morgan fingerprint density at radius 3 is 1.83 bits per heavy atom. The molecule has 0 unspecified atom stereocenters. The second-order valence-corrected chi connectivity index (χ2v) is 14.6. The van der Waals surface area contributed by atoms with E-state index in [4.69, 9.17) is 9.40 Å². The summed E-state index contributed by atoms with van der Waals surface area (Å²) in [6.07, 6.45) is 0. The van der Waals surface area contributed by atoms with Crippen LogP contribution in [0.25, 0.3) is 66.0 Å². The summed E-state index contributed by atoms with van der Waals surface area (Å²) in [6.45, 7) is 0. The first kappa shape index (κ1) is 27.5. The van der Waals surface area contributed by atoms with Crippen LogP contribution in [0, 0.1) is 0 Å². The molecule has 2 aromatic heterocycles. The molecule has 0 fully saturated rings. The van der Waals surface area contributed by atoms with Gasteiger partial charge in [-0.05, 0) is 34.7 Å². The van der Waals surface area contributed by atoms with E-state index in [1.54, 1.807) is 0 Å². The molecular formula is C43H28NO2P. The van der Waals surface area contributed by atoms with Crippen molar-refractivity contribution < 1.29 is 8.98 Å². The van der Waals surface area contributed by atoms with Gasteiger partial charge in [0.15, 0.2) is 7.14 Å². The molecule has 0 bridgehead atoms. The number of fused-ring (bicyclic) bond motifs is 7. The first-order chi connectivity index (χ1) is 23.2. The number of aromatic nitrogens is 1. The minimum absolute atomic E-state index is 0.810. The van der Waals surface area contributed by atoms with Crippen molar-refractivity contribution in [1.82, 2.24) is 4.98 Å². The third-order valence-electron chi connectivity index (χ3n) is 9.14. The molecule has 0 amide bonds. The summed E-state index contributed by atoms with van der Waals surface area (Å²) in [7, 11) is -3.05. The molecule has 0 saturated carbocycles. The molecule has 0 saturated heterocycles. The SMILES string of the molecule is O=P(c1ccccc1)(c1ccccc1)c1ccc(-c2cccc(-c3nc4c5ccccc5ccc4c4oc5ccccc5c34)c2)cc1. The zero-order valence-corrected chi connectivity index (χ0v) is 26.3. The zero-order chi connectivity index (χ0) is 31.4. The molecule has 9 aromatic rings. The summed E-state index contributed by atoms with van der Waals surface area (Å²) < 4.78 is 21.4. The molecule has 0 aliphatic carbocycles. The first-order valence-corrected chi connectivity index (χ1v) is 17.4. The number of para-hydroxylation sites is 1. The van der Waals surface area contributed by atoms with Crippen LogP contribution < -0.4 is 15.9 Å². The fourth-order valence-electron chi connectivity index (χ4n) is 6.84. The van der Waals surface area contributed by atoms with Crippen molar-refractivity contribution in [3.05, 3.63) is 170 Å². The average molecular weight is 622 g/mol. The van der Waals surface area contributed by atoms with Gasteiger partial charge in [-0.25, -0.2) is 4.98 Å². The summed E-state index contributed by atoms with van der Waals surface area (Å²) in [4.78, 5) is 5.38. The van der Waals surface area contributed by atoms with E-state index in [9.17, 15) is 4.57 Å². The molecule has 0 radical (unpaired) electrons. The summed E-state index contributed by atoms with van der Waals surface area (Å²) >= 11 is 0. The number of hydrogen-bond acceptors (Lipinski definition) is 3.